The molecule has 102 valence electrons. The molecule has 2 rings (SSSR count). The van der Waals surface area contributed by atoms with Crippen molar-refractivity contribution < 1.29 is 4.74 Å². The maximum Gasteiger partial charge on any atom is 0.152 e. The number of ether oxygens (including phenoxy) is 1. The van der Waals surface area contributed by atoms with Crippen molar-refractivity contribution in [3.63, 3.8) is 0 Å². The van der Waals surface area contributed by atoms with Gasteiger partial charge in [0, 0.05) is 30.9 Å². The van der Waals surface area contributed by atoms with Crippen LogP contribution in [-0.4, -0.2) is 14.1 Å². The molecule has 0 amide bonds. The Morgan fingerprint density at radius 1 is 1.15 bits per heavy atom. The number of benzene rings is 2. The highest BCUT2D eigenvalue weighted by Gasteiger charge is 2.09. The van der Waals surface area contributed by atoms with Crippen molar-refractivity contribution in [2.24, 2.45) is 0 Å². The molecule has 0 bridgehead atoms. The monoisotopic (exact) mass is 287 g/mol. The number of hydrogen-bond donors (Lipinski definition) is 1. The fraction of sp³-hybridized carbons (Fsp3) is 0.133. The molecule has 0 aliphatic rings. The molecule has 0 spiro atoms. The van der Waals surface area contributed by atoms with Crippen LogP contribution in [0.5, 0.6) is 11.5 Å². The molecule has 0 aliphatic carbocycles. The van der Waals surface area contributed by atoms with Gasteiger partial charge in [0.1, 0.15) is 11.8 Å². The van der Waals surface area contributed by atoms with E-state index >= 15 is 0 Å². The van der Waals surface area contributed by atoms with E-state index in [0.717, 1.165) is 5.69 Å². The summed E-state index contributed by atoms with van der Waals surface area (Å²) in [5.74, 6) is 0.939. The quantitative estimate of drug-likeness (QED) is 0.875. The molecule has 0 unspecified atom stereocenters. The molecular formula is C15H14ClN3O. The second kappa shape index (κ2) is 5.72. The fourth-order valence-corrected chi connectivity index (χ4v) is 1.86. The molecule has 20 heavy (non-hydrogen) atoms. The Hall–Kier alpha value is -2.38. The molecule has 0 saturated carbocycles. The molecule has 0 aromatic heterocycles. The van der Waals surface area contributed by atoms with Gasteiger partial charge in [-0.2, -0.15) is 5.26 Å². The minimum Gasteiger partial charge on any atom is -0.454 e. The first kappa shape index (κ1) is 14.0. The zero-order valence-corrected chi connectivity index (χ0v) is 12.0. The molecule has 0 radical (unpaired) electrons. The van der Waals surface area contributed by atoms with E-state index in [0.29, 0.717) is 27.8 Å². The van der Waals surface area contributed by atoms with Gasteiger partial charge in [-0.1, -0.05) is 11.6 Å². The average Bonchev–Trinajstić information content (AvgIpc) is 2.42. The minimum absolute atomic E-state index is 0.368. The van der Waals surface area contributed by atoms with Crippen LogP contribution in [0.2, 0.25) is 5.02 Å². The predicted octanol–water partition coefficient (Wildman–Crippen LogP) is 3.65. The Balaban J connectivity index is 2.40. The van der Waals surface area contributed by atoms with Crippen LogP contribution < -0.4 is 15.4 Å². The maximum atomic E-state index is 9.10. The summed E-state index contributed by atoms with van der Waals surface area (Å²) >= 11 is 5.86. The van der Waals surface area contributed by atoms with Crippen molar-refractivity contribution >= 4 is 23.0 Å². The number of rotatable bonds is 3. The van der Waals surface area contributed by atoms with Gasteiger partial charge in [-0.05, 0) is 30.3 Å². The highest BCUT2D eigenvalue weighted by molar-refractivity contribution is 6.30. The number of anilines is 2. The molecule has 2 aromatic carbocycles. The van der Waals surface area contributed by atoms with Gasteiger partial charge in [0.25, 0.3) is 0 Å². The Morgan fingerprint density at radius 2 is 1.90 bits per heavy atom. The summed E-state index contributed by atoms with van der Waals surface area (Å²) < 4.78 is 5.74. The second-order valence-electron chi connectivity index (χ2n) is 4.47. The van der Waals surface area contributed by atoms with E-state index in [-0.39, 0.29) is 0 Å². The van der Waals surface area contributed by atoms with Gasteiger partial charge in [0.05, 0.1) is 11.3 Å². The normalized spacial score (nSPS) is 9.90. The van der Waals surface area contributed by atoms with Gasteiger partial charge in [0.15, 0.2) is 5.75 Å². The molecule has 5 heteroatoms. The largest absolute Gasteiger partial charge is 0.454 e. The number of halogens is 1. The van der Waals surface area contributed by atoms with Gasteiger partial charge in [0.2, 0.25) is 0 Å². The summed E-state index contributed by atoms with van der Waals surface area (Å²) in [6, 6.07) is 12.4. The molecule has 0 saturated heterocycles. The summed E-state index contributed by atoms with van der Waals surface area (Å²) in [5, 5.41) is 9.59. The van der Waals surface area contributed by atoms with E-state index < -0.39 is 0 Å². The lowest BCUT2D eigenvalue weighted by molar-refractivity contribution is 0.483. The summed E-state index contributed by atoms with van der Waals surface area (Å²) in [5.41, 5.74) is 7.74. The van der Waals surface area contributed by atoms with E-state index in [2.05, 4.69) is 6.07 Å². The van der Waals surface area contributed by atoms with Gasteiger partial charge in [-0.25, -0.2) is 0 Å². The molecule has 4 nitrogen and oxygen atoms in total. The Labute approximate surface area is 122 Å². The second-order valence-corrected chi connectivity index (χ2v) is 4.91. The lowest BCUT2D eigenvalue weighted by atomic mass is 10.2. The third kappa shape index (κ3) is 2.95. The smallest absolute Gasteiger partial charge is 0.152 e. The van der Waals surface area contributed by atoms with E-state index in [9.17, 15) is 0 Å². The molecule has 0 fully saturated rings. The number of hydrogen-bond acceptors (Lipinski definition) is 4. The molecule has 0 aliphatic heterocycles. The zero-order chi connectivity index (χ0) is 14.7. The van der Waals surface area contributed by atoms with Crippen LogP contribution in [0.1, 0.15) is 5.56 Å². The van der Waals surface area contributed by atoms with Crippen LogP contribution in [0.3, 0.4) is 0 Å². The van der Waals surface area contributed by atoms with Crippen LogP contribution in [0, 0.1) is 11.3 Å². The maximum absolute atomic E-state index is 9.10. The van der Waals surface area contributed by atoms with Crippen molar-refractivity contribution in [2.75, 3.05) is 24.7 Å². The van der Waals surface area contributed by atoms with Crippen molar-refractivity contribution in [1.29, 1.82) is 5.26 Å². The third-order valence-electron chi connectivity index (χ3n) is 2.80. The van der Waals surface area contributed by atoms with Crippen molar-refractivity contribution in [2.45, 2.75) is 0 Å². The van der Waals surface area contributed by atoms with Crippen LogP contribution in [0.25, 0.3) is 0 Å². The first-order chi connectivity index (χ1) is 9.51. The average molecular weight is 288 g/mol. The molecular weight excluding hydrogens is 274 g/mol. The van der Waals surface area contributed by atoms with Crippen LogP contribution in [0.4, 0.5) is 11.4 Å². The Kier molecular flexibility index (Phi) is 4.02. The van der Waals surface area contributed by atoms with Gasteiger partial charge >= 0.3 is 0 Å². The highest BCUT2D eigenvalue weighted by atomic mass is 35.5. The minimum atomic E-state index is 0.368. The Bertz CT molecular complexity index is 677. The molecule has 0 atom stereocenters. The van der Waals surface area contributed by atoms with Crippen molar-refractivity contribution in [3.8, 4) is 17.6 Å². The van der Waals surface area contributed by atoms with Crippen molar-refractivity contribution in [1.82, 2.24) is 0 Å². The van der Waals surface area contributed by atoms with Crippen molar-refractivity contribution in [3.05, 3.63) is 47.0 Å². The number of nitriles is 1. The number of nitrogens with zero attached hydrogens (tertiary/aromatic N) is 2. The zero-order valence-electron chi connectivity index (χ0n) is 11.2. The van der Waals surface area contributed by atoms with Crippen LogP contribution >= 0.6 is 11.6 Å². The van der Waals surface area contributed by atoms with E-state index in [1.807, 2.05) is 31.1 Å². The summed E-state index contributed by atoms with van der Waals surface area (Å²) in [6.45, 7) is 0. The SMILES string of the molecule is CN(C)c1ccc(N)c(Oc2ccc(Cl)cc2C#N)c1. The van der Waals surface area contributed by atoms with E-state index in [1.54, 1.807) is 24.3 Å². The summed E-state index contributed by atoms with van der Waals surface area (Å²) in [4.78, 5) is 1.94. The van der Waals surface area contributed by atoms with Gasteiger partial charge < -0.3 is 15.4 Å². The van der Waals surface area contributed by atoms with Gasteiger partial charge in [-0.15, -0.1) is 0 Å². The fourth-order valence-electron chi connectivity index (χ4n) is 1.69. The van der Waals surface area contributed by atoms with E-state index in [4.69, 9.17) is 27.3 Å². The first-order valence-corrected chi connectivity index (χ1v) is 6.33. The summed E-state index contributed by atoms with van der Waals surface area (Å²) in [7, 11) is 3.86. The first-order valence-electron chi connectivity index (χ1n) is 5.95. The molecule has 0 heterocycles. The number of nitrogen functional groups attached to an aromatic ring is 1. The Morgan fingerprint density at radius 3 is 2.55 bits per heavy atom. The summed E-state index contributed by atoms with van der Waals surface area (Å²) in [6.07, 6.45) is 0. The lowest BCUT2D eigenvalue weighted by Gasteiger charge is -2.16. The standard InChI is InChI=1S/C15H14ClN3O/c1-19(2)12-4-5-13(18)15(8-12)20-14-6-3-11(16)7-10(14)9-17/h3-8H,18H2,1-2H3. The topological polar surface area (TPSA) is 62.3 Å². The van der Waals surface area contributed by atoms with E-state index in [1.165, 1.54) is 0 Å². The molecule has 2 N–H and O–H groups in total. The van der Waals surface area contributed by atoms with Crippen LogP contribution in [-0.2, 0) is 0 Å². The van der Waals surface area contributed by atoms with Crippen LogP contribution in [0.15, 0.2) is 36.4 Å². The predicted molar refractivity (Wildman–Crippen MR) is 81.4 cm³/mol. The third-order valence-corrected chi connectivity index (χ3v) is 3.03. The lowest BCUT2D eigenvalue weighted by Crippen LogP contribution is -2.08. The molecule has 2 aromatic rings. The highest BCUT2D eigenvalue weighted by Crippen LogP contribution is 2.33. The number of nitrogens with two attached hydrogens (primary N) is 1. The van der Waals surface area contributed by atoms with Gasteiger partial charge in [-0.3, -0.25) is 0 Å².